The fourth-order valence-electron chi connectivity index (χ4n) is 1.24. The van der Waals surface area contributed by atoms with E-state index in [0.717, 1.165) is 6.07 Å². The van der Waals surface area contributed by atoms with Crippen LogP contribution in [0.15, 0.2) is 21.5 Å². The Labute approximate surface area is 135 Å². The lowest BCUT2D eigenvalue weighted by atomic mass is 10.1. The van der Waals surface area contributed by atoms with Gasteiger partial charge >= 0.3 is 5.97 Å². The minimum Gasteiger partial charge on any atom is -0.459 e. The monoisotopic (exact) mass is 402 g/mol. The highest BCUT2D eigenvalue weighted by atomic mass is 79.9. The van der Waals surface area contributed by atoms with Crippen LogP contribution in [0.2, 0.25) is 5.02 Å². The first-order valence-electron chi connectivity index (χ1n) is 5.68. The van der Waals surface area contributed by atoms with Gasteiger partial charge in [0.25, 0.3) is 9.05 Å². The molecule has 8 heteroatoms. The Balaban J connectivity index is 3.22. The zero-order chi connectivity index (χ0) is 15.7. The fourth-order valence-corrected chi connectivity index (χ4v) is 3.81. The van der Waals surface area contributed by atoms with Gasteiger partial charge in [-0.2, -0.15) is 0 Å². The van der Waals surface area contributed by atoms with Crippen molar-refractivity contribution in [1.82, 2.24) is 0 Å². The quantitative estimate of drug-likeness (QED) is 0.557. The molecular weight excluding hydrogens is 391 g/mol. The molecule has 0 fully saturated rings. The molecule has 0 N–H and O–H groups in total. The standard InChI is InChI=1S/C12H13BrCl2O4S/c1-6(2)7(3)19-12(16)8-4-11(20(15,17)18)9(13)5-10(8)14/h4-7H,1-3H3. The van der Waals surface area contributed by atoms with Crippen molar-refractivity contribution in [2.75, 3.05) is 0 Å². The van der Waals surface area contributed by atoms with Crippen LogP contribution in [0.3, 0.4) is 0 Å². The number of benzene rings is 1. The molecule has 1 rings (SSSR count). The summed E-state index contributed by atoms with van der Waals surface area (Å²) in [4.78, 5) is 11.8. The third-order valence-corrected chi connectivity index (χ3v) is 5.33. The molecule has 0 bridgehead atoms. The van der Waals surface area contributed by atoms with Gasteiger partial charge in [0.1, 0.15) is 6.10 Å². The van der Waals surface area contributed by atoms with Gasteiger partial charge in [-0.25, -0.2) is 13.2 Å². The second-order valence-corrected chi connectivity index (χ2v) is 8.35. The zero-order valence-electron chi connectivity index (χ0n) is 11.0. The zero-order valence-corrected chi connectivity index (χ0v) is 14.9. The molecule has 1 aromatic carbocycles. The summed E-state index contributed by atoms with van der Waals surface area (Å²) >= 11 is 8.98. The summed E-state index contributed by atoms with van der Waals surface area (Å²) in [6, 6.07) is 2.40. The van der Waals surface area contributed by atoms with Crippen LogP contribution in [0.25, 0.3) is 0 Å². The van der Waals surface area contributed by atoms with Crippen molar-refractivity contribution in [3.63, 3.8) is 0 Å². The Bertz CT molecular complexity index is 629. The Morgan fingerprint density at radius 3 is 2.30 bits per heavy atom. The van der Waals surface area contributed by atoms with Crippen LogP contribution in [0.4, 0.5) is 0 Å². The summed E-state index contributed by atoms with van der Waals surface area (Å²) in [5.74, 6) is -0.560. The number of rotatable bonds is 4. The molecule has 0 spiro atoms. The number of hydrogen-bond donors (Lipinski definition) is 0. The average molecular weight is 404 g/mol. The average Bonchev–Trinajstić information content (AvgIpc) is 2.26. The number of halogens is 3. The van der Waals surface area contributed by atoms with Gasteiger partial charge in [0, 0.05) is 15.2 Å². The molecule has 0 amide bonds. The minimum absolute atomic E-state index is 0.0402. The van der Waals surface area contributed by atoms with Crippen molar-refractivity contribution in [1.29, 1.82) is 0 Å². The van der Waals surface area contributed by atoms with Gasteiger partial charge in [-0.3, -0.25) is 0 Å². The minimum atomic E-state index is -3.99. The van der Waals surface area contributed by atoms with Gasteiger partial charge in [-0.15, -0.1) is 0 Å². The Hall–Kier alpha value is -0.300. The van der Waals surface area contributed by atoms with Gasteiger partial charge in [-0.1, -0.05) is 25.4 Å². The predicted molar refractivity (Wildman–Crippen MR) is 81.9 cm³/mol. The molecular formula is C12H13BrCl2O4S. The van der Waals surface area contributed by atoms with Gasteiger partial charge in [0.05, 0.1) is 15.5 Å². The molecule has 0 aromatic heterocycles. The second kappa shape index (κ2) is 6.64. The SMILES string of the molecule is CC(C)C(C)OC(=O)c1cc(S(=O)(=O)Cl)c(Br)cc1Cl. The fraction of sp³-hybridized carbons (Fsp3) is 0.417. The van der Waals surface area contributed by atoms with E-state index < -0.39 is 15.0 Å². The molecule has 112 valence electrons. The van der Waals surface area contributed by atoms with E-state index in [9.17, 15) is 13.2 Å². The number of hydrogen-bond acceptors (Lipinski definition) is 4. The van der Waals surface area contributed by atoms with Gasteiger partial charge in [0.2, 0.25) is 0 Å². The van der Waals surface area contributed by atoms with Crippen LogP contribution < -0.4 is 0 Å². The molecule has 0 saturated heterocycles. The largest absolute Gasteiger partial charge is 0.459 e. The van der Waals surface area contributed by atoms with Crippen LogP contribution >= 0.6 is 38.2 Å². The molecule has 0 radical (unpaired) electrons. The normalized spacial score (nSPS) is 13.3. The first-order chi connectivity index (χ1) is 9.04. The number of carbonyl (C=O) groups excluding carboxylic acids is 1. The van der Waals surface area contributed by atoms with Crippen molar-refractivity contribution >= 4 is 53.2 Å². The first-order valence-corrected chi connectivity index (χ1v) is 9.16. The van der Waals surface area contributed by atoms with Crippen molar-refractivity contribution in [2.45, 2.75) is 31.8 Å². The van der Waals surface area contributed by atoms with Crippen LogP contribution in [0.5, 0.6) is 0 Å². The molecule has 1 aromatic rings. The molecule has 0 heterocycles. The van der Waals surface area contributed by atoms with E-state index >= 15 is 0 Å². The lowest BCUT2D eigenvalue weighted by Crippen LogP contribution is -2.20. The van der Waals surface area contributed by atoms with Crippen LogP contribution in [-0.2, 0) is 13.8 Å². The Kier molecular flexibility index (Phi) is 5.89. The molecule has 0 aliphatic heterocycles. The van der Waals surface area contributed by atoms with Crippen molar-refractivity contribution in [2.24, 2.45) is 5.92 Å². The molecule has 4 nitrogen and oxygen atoms in total. The number of carbonyl (C=O) groups is 1. The van der Waals surface area contributed by atoms with Crippen LogP contribution in [0, 0.1) is 5.92 Å². The number of esters is 1. The van der Waals surface area contributed by atoms with E-state index in [1.165, 1.54) is 6.07 Å². The molecule has 1 unspecified atom stereocenters. The predicted octanol–water partition coefficient (Wildman–Crippen LogP) is 4.23. The maximum atomic E-state index is 12.0. The second-order valence-electron chi connectivity index (χ2n) is 4.55. The highest BCUT2D eigenvalue weighted by Gasteiger charge is 2.23. The van der Waals surface area contributed by atoms with Crippen molar-refractivity contribution < 1.29 is 17.9 Å². The van der Waals surface area contributed by atoms with Gasteiger partial charge in [-0.05, 0) is 40.9 Å². The van der Waals surface area contributed by atoms with E-state index in [-0.39, 0.29) is 32.0 Å². The molecule has 0 saturated carbocycles. The summed E-state index contributed by atoms with van der Waals surface area (Å²) in [5, 5.41) is 0.0851. The third kappa shape index (κ3) is 4.35. The summed E-state index contributed by atoms with van der Waals surface area (Å²) in [6.45, 7) is 5.54. The van der Waals surface area contributed by atoms with Crippen molar-refractivity contribution in [3.8, 4) is 0 Å². The number of ether oxygens (including phenoxy) is 1. The smallest absolute Gasteiger partial charge is 0.339 e. The highest BCUT2D eigenvalue weighted by molar-refractivity contribution is 9.10. The third-order valence-electron chi connectivity index (χ3n) is 2.74. The maximum Gasteiger partial charge on any atom is 0.339 e. The lowest BCUT2D eigenvalue weighted by Gasteiger charge is -2.17. The Morgan fingerprint density at radius 1 is 1.30 bits per heavy atom. The molecule has 1 atom stereocenters. The van der Waals surface area contributed by atoms with Gasteiger partial charge in [0.15, 0.2) is 0 Å². The Morgan fingerprint density at radius 2 is 1.85 bits per heavy atom. The maximum absolute atomic E-state index is 12.0. The van der Waals surface area contributed by atoms with E-state index in [4.69, 9.17) is 27.0 Å². The van der Waals surface area contributed by atoms with E-state index in [2.05, 4.69) is 15.9 Å². The topological polar surface area (TPSA) is 60.4 Å². The van der Waals surface area contributed by atoms with Crippen LogP contribution in [-0.4, -0.2) is 20.5 Å². The summed E-state index contributed by atoms with van der Waals surface area (Å²) in [6.07, 6.45) is -0.321. The van der Waals surface area contributed by atoms with Gasteiger partial charge < -0.3 is 4.74 Å². The highest BCUT2D eigenvalue weighted by Crippen LogP contribution is 2.31. The van der Waals surface area contributed by atoms with E-state index in [1.54, 1.807) is 6.92 Å². The molecule has 20 heavy (non-hydrogen) atoms. The van der Waals surface area contributed by atoms with E-state index in [0.29, 0.717) is 0 Å². The summed E-state index contributed by atoms with van der Waals surface area (Å²) in [7, 11) is 1.30. The van der Waals surface area contributed by atoms with E-state index in [1.807, 2.05) is 13.8 Å². The first kappa shape index (κ1) is 17.8. The summed E-state index contributed by atoms with van der Waals surface area (Å²) < 4.78 is 28.2. The van der Waals surface area contributed by atoms with Crippen molar-refractivity contribution in [3.05, 3.63) is 27.2 Å². The molecule has 0 aliphatic rings. The lowest BCUT2D eigenvalue weighted by molar-refractivity contribution is 0.0238. The van der Waals surface area contributed by atoms with Crippen LogP contribution in [0.1, 0.15) is 31.1 Å². The summed E-state index contributed by atoms with van der Waals surface area (Å²) in [5.41, 5.74) is -0.0402. The molecule has 0 aliphatic carbocycles.